The monoisotopic (exact) mass is 443 g/mol. The fourth-order valence-corrected chi connectivity index (χ4v) is 3.24. The van der Waals surface area contributed by atoms with Crippen molar-refractivity contribution in [2.75, 3.05) is 19.7 Å². The van der Waals surface area contributed by atoms with Gasteiger partial charge < -0.3 is 19.1 Å². The number of halogens is 4. The summed E-state index contributed by atoms with van der Waals surface area (Å²) in [6.07, 6.45) is -3.40. The SMILES string of the molecule is O=C(COc1ccc(Cl)cc1)N1CCC[C@H](OCc2cccc(OC(F)(F)F)c2)C1. The van der Waals surface area contributed by atoms with Gasteiger partial charge in [-0.05, 0) is 54.8 Å². The smallest absolute Gasteiger partial charge is 0.484 e. The average Bonchev–Trinajstić information content (AvgIpc) is 2.71. The zero-order valence-corrected chi connectivity index (χ0v) is 16.8. The quantitative estimate of drug-likeness (QED) is 0.615. The molecule has 2 aromatic carbocycles. The summed E-state index contributed by atoms with van der Waals surface area (Å²) in [5, 5.41) is 0.584. The second-order valence-corrected chi connectivity index (χ2v) is 7.29. The summed E-state index contributed by atoms with van der Waals surface area (Å²) in [5.41, 5.74) is 0.561. The Hall–Kier alpha value is -2.45. The Morgan fingerprint density at radius 2 is 1.90 bits per heavy atom. The summed E-state index contributed by atoms with van der Waals surface area (Å²) in [7, 11) is 0. The number of carbonyl (C=O) groups is 1. The largest absolute Gasteiger partial charge is 0.573 e. The number of alkyl halides is 3. The molecule has 0 aliphatic carbocycles. The molecule has 0 aromatic heterocycles. The number of benzene rings is 2. The second kappa shape index (κ2) is 10.0. The number of nitrogens with zero attached hydrogens (tertiary/aromatic N) is 1. The van der Waals surface area contributed by atoms with E-state index in [0.717, 1.165) is 12.8 Å². The number of likely N-dealkylation sites (tertiary alicyclic amines) is 1. The first-order chi connectivity index (χ1) is 14.3. The molecule has 2 aromatic rings. The topological polar surface area (TPSA) is 48.0 Å². The van der Waals surface area contributed by atoms with Crippen molar-refractivity contribution in [3.8, 4) is 11.5 Å². The highest BCUT2D eigenvalue weighted by Crippen LogP contribution is 2.24. The molecule has 0 saturated carbocycles. The summed E-state index contributed by atoms with van der Waals surface area (Å²) in [6, 6.07) is 12.4. The van der Waals surface area contributed by atoms with Crippen LogP contribution < -0.4 is 9.47 Å². The van der Waals surface area contributed by atoms with Gasteiger partial charge >= 0.3 is 6.36 Å². The van der Waals surface area contributed by atoms with Crippen LogP contribution in [0.3, 0.4) is 0 Å². The molecule has 1 saturated heterocycles. The molecule has 0 bridgehead atoms. The minimum Gasteiger partial charge on any atom is -0.484 e. The first-order valence-corrected chi connectivity index (χ1v) is 9.79. The highest BCUT2D eigenvalue weighted by Gasteiger charge is 2.31. The number of carbonyl (C=O) groups excluding carboxylic acids is 1. The van der Waals surface area contributed by atoms with Crippen molar-refractivity contribution >= 4 is 17.5 Å². The molecule has 9 heteroatoms. The van der Waals surface area contributed by atoms with Crippen molar-refractivity contribution < 1.29 is 32.2 Å². The third kappa shape index (κ3) is 7.11. The van der Waals surface area contributed by atoms with Crippen LogP contribution in [0.4, 0.5) is 13.2 Å². The Morgan fingerprint density at radius 3 is 2.63 bits per heavy atom. The van der Waals surface area contributed by atoms with E-state index >= 15 is 0 Å². The van der Waals surface area contributed by atoms with Gasteiger partial charge in [-0.2, -0.15) is 0 Å². The number of hydrogen-bond donors (Lipinski definition) is 0. The van der Waals surface area contributed by atoms with Crippen LogP contribution in [0.25, 0.3) is 0 Å². The Bertz CT molecular complexity index is 845. The first-order valence-electron chi connectivity index (χ1n) is 9.41. The molecule has 1 fully saturated rings. The zero-order valence-electron chi connectivity index (χ0n) is 16.0. The fraction of sp³-hybridized carbons (Fsp3) is 0.381. The van der Waals surface area contributed by atoms with E-state index in [-0.39, 0.29) is 31.0 Å². The lowest BCUT2D eigenvalue weighted by molar-refractivity contribution is -0.274. The molecule has 5 nitrogen and oxygen atoms in total. The van der Waals surface area contributed by atoms with Crippen LogP contribution in [0, 0.1) is 0 Å². The number of rotatable bonds is 7. The van der Waals surface area contributed by atoms with Crippen LogP contribution in [0.1, 0.15) is 18.4 Å². The molecule has 30 heavy (non-hydrogen) atoms. The third-order valence-corrected chi connectivity index (χ3v) is 4.78. The molecule has 1 atom stereocenters. The van der Waals surface area contributed by atoms with Gasteiger partial charge in [0, 0.05) is 18.1 Å². The predicted molar refractivity (Wildman–Crippen MR) is 104 cm³/mol. The highest BCUT2D eigenvalue weighted by atomic mass is 35.5. The van der Waals surface area contributed by atoms with Gasteiger partial charge in [0.15, 0.2) is 6.61 Å². The predicted octanol–water partition coefficient (Wildman–Crippen LogP) is 4.83. The normalized spacial score (nSPS) is 16.9. The van der Waals surface area contributed by atoms with E-state index in [1.807, 2.05) is 0 Å². The fourth-order valence-electron chi connectivity index (χ4n) is 3.11. The maximum atomic E-state index is 12.4. The van der Waals surface area contributed by atoms with Gasteiger partial charge in [-0.15, -0.1) is 13.2 Å². The number of hydrogen-bond acceptors (Lipinski definition) is 4. The van der Waals surface area contributed by atoms with Crippen molar-refractivity contribution in [2.45, 2.75) is 31.9 Å². The first kappa shape index (κ1) is 22.2. The number of piperidine rings is 1. The van der Waals surface area contributed by atoms with E-state index in [4.69, 9.17) is 21.1 Å². The number of amides is 1. The lowest BCUT2D eigenvalue weighted by atomic mass is 10.1. The molecule has 0 unspecified atom stereocenters. The standard InChI is InChI=1S/C21H21ClF3NO4/c22-16-6-8-17(9-7-16)29-14-20(27)26-10-2-5-19(12-26)28-13-15-3-1-4-18(11-15)30-21(23,24)25/h1,3-4,6-9,11,19H,2,5,10,12-14H2/t19-/m0/s1. The van der Waals surface area contributed by atoms with Crippen molar-refractivity contribution in [1.82, 2.24) is 4.90 Å². The van der Waals surface area contributed by atoms with E-state index in [1.54, 1.807) is 35.2 Å². The summed E-state index contributed by atoms with van der Waals surface area (Å²) < 4.78 is 52.3. The molecule has 0 radical (unpaired) electrons. The lowest BCUT2D eigenvalue weighted by Crippen LogP contribution is -2.45. The van der Waals surface area contributed by atoms with E-state index < -0.39 is 6.36 Å². The molecular weight excluding hydrogens is 423 g/mol. The Kier molecular flexibility index (Phi) is 7.44. The van der Waals surface area contributed by atoms with Crippen molar-refractivity contribution in [3.05, 3.63) is 59.1 Å². The van der Waals surface area contributed by atoms with E-state index in [9.17, 15) is 18.0 Å². The highest BCUT2D eigenvalue weighted by molar-refractivity contribution is 6.30. The average molecular weight is 444 g/mol. The van der Waals surface area contributed by atoms with Crippen LogP contribution in [0.15, 0.2) is 48.5 Å². The molecule has 3 rings (SSSR count). The lowest BCUT2D eigenvalue weighted by Gasteiger charge is -2.32. The van der Waals surface area contributed by atoms with Gasteiger partial charge in [-0.25, -0.2) is 0 Å². The maximum Gasteiger partial charge on any atom is 0.573 e. The van der Waals surface area contributed by atoms with Crippen LogP contribution in [0.2, 0.25) is 5.02 Å². The number of ether oxygens (including phenoxy) is 3. The third-order valence-electron chi connectivity index (χ3n) is 4.52. The van der Waals surface area contributed by atoms with E-state index in [2.05, 4.69) is 4.74 Å². The van der Waals surface area contributed by atoms with Crippen LogP contribution in [0.5, 0.6) is 11.5 Å². The van der Waals surface area contributed by atoms with Gasteiger partial charge in [0.2, 0.25) is 0 Å². The van der Waals surface area contributed by atoms with Crippen molar-refractivity contribution in [1.29, 1.82) is 0 Å². The van der Waals surface area contributed by atoms with E-state index in [0.29, 0.717) is 29.4 Å². The molecule has 1 aliphatic heterocycles. The summed E-state index contributed by atoms with van der Waals surface area (Å²) in [5.74, 6) is 0.112. The van der Waals surface area contributed by atoms with Crippen LogP contribution >= 0.6 is 11.6 Å². The summed E-state index contributed by atoms with van der Waals surface area (Å²) in [4.78, 5) is 14.1. The van der Waals surface area contributed by atoms with Gasteiger partial charge in [0.1, 0.15) is 11.5 Å². The summed E-state index contributed by atoms with van der Waals surface area (Å²) >= 11 is 5.82. The van der Waals surface area contributed by atoms with Gasteiger partial charge in [0.25, 0.3) is 5.91 Å². The van der Waals surface area contributed by atoms with Gasteiger partial charge in [0.05, 0.1) is 12.7 Å². The van der Waals surface area contributed by atoms with Gasteiger partial charge in [-0.3, -0.25) is 4.79 Å². The zero-order chi connectivity index (χ0) is 21.6. The Morgan fingerprint density at radius 1 is 1.13 bits per heavy atom. The minimum atomic E-state index is -4.74. The van der Waals surface area contributed by atoms with Crippen LogP contribution in [-0.4, -0.2) is 43.0 Å². The van der Waals surface area contributed by atoms with Crippen molar-refractivity contribution in [3.63, 3.8) is 0 Å². The molecule has 1 amide bonds. The molecule has 1 heterocycles. The maximum absolute atomic E-state index is 12.4. The molecule has 0 N–H and O–H groups in total. The van der Waals surface area contributed by atoms with Crippen LogP contribution in [-0.2, 0) is 16.1 Å². The Balaban J connectivity index is 1.47. The minimum absolute atomic E-state index is 0.0921. The van der Waals surface area contributed by atoms with E-state index in [1.165, 1.54) is 18.2 Å². The Labute approximate surface area is 177 Å². The van der Waals surface area contributed by atoms with Crippen molar-refractivity contribution in [2.24, 2.45) is 0 Å². The molecule has 1 aliphatic rings. The van der Waals surface area contributed by atoms with Gasteiger partial charge in [-0.1, -0.05) is 23.7 Å². The molecule has 0 spiro atoms. The molecular formula is C21H21ClF3NO4. The molecule has 162 valence electrons. The second-order valence-electron chi connectivity index (χ2n) is 6.85. The summed E-state index contributed by atoms with van der Waals surface area (Å²) in [6.45, 7) is 1.05.